The fourth-order valence-corrected chi connectivity index (χ4v) is 3.90. The van der Waals surface area contributed by atoms with Crippen LogP contribution < -0.4 is 10.9 Å². The Morgan fingerprint density at radius 3 is 2.81 bits per heavy atom. The van der Waals surface area contributed by atoms with Crippen molar-refractivity contribution in [3.05, 3.63) is 93.3 Å². The van der Waals surface area contributed by atoms with Crippen LogP contribution in [-0.2, 0) is 17.8 Å². The van der Waals surface area contributed by atoms with Crippen LogP contribution in [0.3, 0.4) is 0 Å². The summed E-state index contributed by atoms with van der Waals surface area (Å²) in [5.74, 6) is -0.758. The van der Waals surface area contributed by atoms with Crippen LogP contribution in [0.5, 0.6) is 0 Å². The molecule has 1 atom stereocenters. The number of aromatic amines is 1. The van der Waals surface area contributed by atoms with E-state index in [4.69, 9.17) is 4.74 Å². The summed E-state index contributed by atoms with van der Waals surface area (Å²) in [5.41, 5.74) is 4.62. The molecule has 4 aromatic rings. The molecule has 0 bridgehead atoms. The fraction of sp³-hybridized carbons (Fsp3) is 0.208. The highest BCUT2D eigenvalue weighted by atomic mass is 19.1. The summed E-state index contributed by atoms with van der Waals surface area (Å²) in [5, 5.41) is 7.14. The topological polar surface area (TPSA) is 88.5 Å². The number of fused-ring (bicyclic) bond motifs is 2. The number of hydrogen-bond acceptors (Lipinski definition) is 4. The lowest BCUT2D eigenvalue weighted by Gasteiger charge is -2.17. The van der Waals surface area contributed by atoms with E-state index in [-0.39, 0.29) is 28.6 Å². The van der Waals surface area contributed by atoms with Gasteiger partial charge in [0.2, 0.25) is 0 Å². The number of nitrogens with zero attached hydrogens (tertiary/aromatic N) is 2. The van der Waals surface area contributed by atoms with Crippen molar-refractivity contribution in [1.82, 2.24) is 19.9 Å². The van der Waals surface area contributed by atoms with Crippen molar-refractivity contribution in [2.75, 3.05) is 6.61 Å². The van der Waals surface area contributed by atoms with Gasteiger partial charge in [0.05, 0.1) is 31.1 Å². The minimum atomic E-state index is -0.419. The van der Waals surface area contributed by atoms with Crippen LogP contribution in [-0.4, -0.2) is 27.1 Å². The van der Waals surface area contributed by atoms with Gasteiger partial charge in [-0.05, 0) is 53.8 Å². The quantitative estimate of drug-likeness (QED) is 0.517. The average molecular weight is 432 g/mol. The third-order valence-corrected chi connectivity index (χ3v) is 5.71. The van der Waals surface area contributed by atoms with E-state index in [0.29, 0.717) is 18.9 Å². The molecule has 0 unspecified atom stereocenters. The number of halogens is 1. The normalized spacial score (nSPS) is 14.2. The maximum atomic E-state index is 13.1. The van der Waals surface area contributed by atoms with Crippen molar-refractivity contribution >= 4 is 11.4 Å². The molecule has 1 amide bonds. The first-order valence-corrected chi connectivity index (χ1v) is 10.4. The van der Waals surface area contributed by atoms with Crippen molar-refractivity contribution in [3.63, 3.8) is 0 Å². The maximum absolute atomic E-state index is 13.1. The molecule has 0 radical (unpaired) electrons. The summed E-state index contributed by atoms with van der Waals surface area (Å²) in [6, 6.07) is 13.0. The van der Waals surface area contributed by atoms with Gasteiger partial charge in [-0.3, -0.25) is 9.59 Å². The van der Waals surface area contributed by atoms with Crippen LogP contribution >= 0.6 is 0 Å². The minimum Gasteiger partial charge on any atom is -0.376 e. The zero-order valence-electron chi connectivity index (χ0n) is 17.4. The SMILES string of the molecule is C[C@@H](NC(=O)c1cc2c(=O)[nH]c(-c3ccc4c(c3)COCC4)cn2n1)c1ccc(F)cc1. The molecule has 3 heterocycles. The number of H-pyrrole nitrogens is 1. The Morgan fingerprint density at radius 1 is 1.19 bits per heavy atom. The van der Waals surface area contributed by atoms with Gasteiger partial charge < -0.3 is 15.0 Å². The molecule has 2 aromatic carbocycles. The monoisotopic (exact) mass is 432 g/mol. The third kappa shape index (κ3) is 3.80. The van der Waals surface area contributed by atoms with Gasteiger partial charge >= 0.3 is 0 Å². The van der Waals surface area contributed by atoms with E-state index >= 15 is 0 Å². The minimum absolute atomic E-state index is 0.125. The van der Waals surface area contributed by atoms with Crippen molar-refractivity contribution in [2.45, 2.75) is 26.0 Å². The smallest absolute Gasteiger partial charge is 0.274 e. The largest absolute Gasteiger partial charge is 0.376 e. The molecule has 8 heteroatoms. The number of benzene rings is 2. The van der Waals surface area contributed by atoms with Gasteiger partial charge in [0.15, 0.2) is 5.69 Å². The zero-order chi connectivity index (χ0) is 22.2. The van der Waals surface area contributed by atoms with Gasteiger partial charge in [0.25, 0.3) is 11.5 Å². The molecule has 1 aliphatic heterocycles. The second kappa shape index (κ2) is 8.05. The standard InChI is InChI=1S/C24H21FN4O3/c1-14(15-4-6-19(25)7-5-15)26-23(30)20-11-22-24(31)27-21(12-29(22)28-20)17-3-2-16-8-9-32-13-18(16)10-17/h2-7,10-12,14H,8-9,13H2,1H3,(H,26,30)(H,27,31)/t14-/m1/s1. The van der Waals surface area contributed by atoms with Crippen molar-refractivity contribution in [2.24, 2.45) is 0 Å². The van der Waals surface area contributed by atoms with Gasteiger partial charge in [-0.1, -0.05) is 24.3 Å². The van der Waals surface area contributed by atoms with Gasteiger partial charge in [-0.25, -0.2) is 8.91 Å². The van der Waals surface area contributed by atoms with Gasteiger partial charge in [-0.2, -0.15) is 5.10 Å². The Hall–Kier alpha value is -3.78. The third-order valence-electron chi connectivity index (χ3n) is 5.71. The predicted molar refractivity (Wildman–Crippen MR) is 117 cm³/mol. The Kier molecular flexibility index (Phi) is 5.07. The van der Waals surface area contributed by atoms with Crippen LogP contribution in [0.2, 0.25) is 0 Å². The van der Waals surface area contributed by atoms with E-state index < -0.39 is 5.91 Å². The number of carbonyl (C=O) groups is 1. The van der Waals surface area contributed by atoms with E-state index in [1.807, 2.05) is 12.1 Å². The molecular formula is C24H21FN4O3. The molecule has 0 spiro atoms. The maximum Gasteiger partial charge on any atom is 0.274 e. The van der Waals surface area contributed by atoms with Crippen LogP contribution in [0.4, 0.5) is 4.39 Å². The number of nitrogens with one attached hydrogen (secondary N) is 2. The van der Waals surface area contributed by atoms with Crippen molar-refractivity contribution in [1.29, 1.82) is 0 Å². The Labute approximate surface area is 182 Å². The van der Waals surface area contributed by atoms with Crippen LogP contribution in [0.25, 0.3) is 16.8 Å². The van der Waals surface area contributed by atoms with E-state index in [1.54, 1.807) is 25.3 Å². The molecule has 5 rings (SSSR count). The van der Waals surface area contributed by atoms with Crippen molar-refractivity contribution < 1.29 is 13.9 Å². The average Bonchev–Trinajstić information content (AvgIpc) is 3.24. The van der Waals surface area contributed by atoms with Gasteiger partial charge in [0, 0.05) is 6.07 Å². The lowest BCUT2D eigenvalue weighted by Crippen LogP contribution is -2.27. The van der Waals surface area contributed by atoms with E-state index in [9.17, 15) is 14.0 Å². The highest BCUT2D eigenvalue weighted by molar-refractivity contribution is 5.93. The molecular weight excluding hydrogens is 411 g/mol. The lowest BCUT2D eigenvalue weighted by molar-refractivity contribution is 0.0934. The molecule has 2 N–H and O–H groups in total. The number of carbonyl (C=O) groups excluding carboxylic acids is 1. The number of amides is 1. The number of rotatable bonds is 4. The molecule has 162 valence electrons. The lowest BCUT2D eigenvalue weighted by atomic mass is 9.99. The summed E-state index contributed by atoms with van der Waals surface area (Å²) in [7, 11) is 0. The second-order valence-corrected chi connectivity index (χ2v) is 7.89. The summed E-state index contributed by atoms with van der Waals surface area (Å²) < 4.78 is 20.1. The molecule has 7 nitrogen and oxygen atoms in total. The Bertz CT molecular complexity index is 1370. The van der Waals surface area contributed by atoms with Gasteiger partial charge in [0.1, 0.15) is 11.3 Å². The van der Waals surface area contributed by atoms with E-state index in [1.165, 1.54) is 28.3 Å². The number of hydrogen-bond donors (Lipinski definition) is 2. The van der Waals surface area contributed by atoms with E-state index in [0.717, 1.165) is 23.1 Å². The summed E-state index contributed by atoms with van der Waals surface area (Å²) >= 11 is 0. The molecule has 0 fully saturated rings. The van der Waals surface area contributed by atoms with Crippen molar-refractivity contribution in [3.8, 4) is 11.3 Å². The molecule has 32 heavy (non-hydrogen) atoms. The van der Waals surface area contributed by atoms with Crippen LogP contribution in [0.1, 0.15) is 40.1 Å². The predicted octanol–water partition coefficient (Wildman–Crippen LogP) is 3.39. The first kappa shape index (κ1) is 20.1. The van der Waals surface area contributed by atoms with E-state index in [2.05, 4.69) is 21.5 Å². The summed E-state index contributed by atoms with van der Waals surface area (Å²) in [4.78, 5) is 28.2. The first-order chi connectivity index (χ1) is 15.5. The fourth-order valence-electron chi connectivity index (χ4n) is 3.90. The number of ether oxygens (including phenoxy) is 1. The number of aromatic nitrogens is 3. The highest BCUT2D eigenvalue weighted by Crippen LogP contribution is 2.24. The zero-order valence-corrected chi connectivity index (χ0v) is 17.4. The highest BCUT2D eigenvalue weighted by Gasteiger charge is 2.17. The van der Waals surface area contributed by atoms with Crippen LogP contribution in [0, 0.1) is 5.82 Å². The Morgan fingerprint density at radius 2 is 2.00 bits per heavy atom. The molecule has 0 saturated carbocycles. The van der Waals surface area contributed by atoms with Gasteiger partial charge in [-0.15, -0.1) is 0 Å². The summed E-state index contributed by atoms with van der Waals surface area (Å²) in [6.07, 6.45) is 2.57. The second-order valence-electron chi connectivity index (χ2n) is 7.89. The molecule has 2 aromatic heterocycles. The Balaban J connectivity index is 1.43. The molecule has 0 aliphatic carbocycles. The summed E-state index contributed by atoms with van der Waals surface area (Å²) in [6.45, 7) is 3.06. The molecule has 1 aliphatic rings. The molecule has 0 saturated heterocycles. The first-order valence-electron chi connectivity index (χ1n) is 10.4. The van der Waals surface area contributed by atoms with Crippen LogP contribution in [0.15, 0.2) is 59.5 Å².